The van der Waals surface area contributed by atoms with E-state index in [0.717, 1.165) is 17.1 Å². The first-order valence-corrected chi connectivity index (χ1v) is 6.28. The van der Waals surface area contributed by atoms with Gasteiger partial charge >= 0.3 is 5.97 Å². The Hall–Kier alpha value is -1.16. The molecule has 0 aliphatic carbocycles. The van der Waals surface area contributed by atoms with Crippen LogP contribution < -0.4 is 5.73 Å². The molecular weight excluding hydrogens is 222 g/mol. The van der Waals surface area contributed by atoms with Crippen LogP contribution in [0.3, 0.4) is 0 Å². The summed E-state index contributed by atoms with van der Waals surface area (Å²) in [6, 6.07) is 4.92. The fourth-order valence-corrected chi connectivity index (χ4v) is 2.41. The smallest absolute Gasteiger partial charge is 0.336 e. The van der Waals surface area contributed by atoms with E-state index in [9.17, 15) is 4.79 Å². The number of hydrogen-bond acceptors (Lipinski definition) is 3. The Labute approximate surface area is 100 Å². The second-order valence-corrected chi connectivity index (χ2v) is 4.95. The molecule has 0 saturated heterocycles. The second kappa shape index (κ2) is 5.80. The van der Waals surface area contributed by atoms with Crippen LogP contribution in [0.5, 0.6) is 0 Å². The monoisotopic (exact) mass is 239 g/mol. The van der Waals surface area contributed by atoms with Gasteiger partial charge in [-0.05, 0) is 24.1 Å². The quantitative estimate of drug-likeness (QED) is 0.612. The normalized spacial score (nSPS) is 12.4. The number of carboxylic acids is 1. The van der Waals surface area contributed by atoms with Crippen molar-refractivity contribution in [2.24, 2.45) is 5.92 Å². The molecule has 16 heavy (non-hydrogen) atoms. The van der Waals surface area contributed by atoms with Gasteiger partial charge in [-0.3, -0.25) is 0 Å². The van der Waals surface area contributed by atoms with Crippen LogP contribution in [0.25, 0.3) is 0 Å². The zero-order valence-electron chi connectivity index (χ0n) is 9.56. The van der Waals surface area contributed by atoms with Gasteiger partial charge in [0, 0.05) is 16.3 Å². The van der Waals surface area contributed by atoms with Crippen molar-refractivity contribution in [1.29, 1.82) is 0 Å². The molecule has 0 fully saturated rings. The largest absolute Gasteiger partial charge is 0.478 e. The molecule has 0 aromatic heterocycles. The van der Waals surface area contributed by atoms with Gasteiger partial charge in [0.1, 0.15) is 0 Å². The Morgan fingerprint density at radius 2 is 2.25 bits per heavy atom. The third-order valence-electron chi connectivity index (χ3n) is 2.46. The van der Waals surface area contributed by atoms with Crippen molar-refractivity contribution in [3.63, 3.8) is 0 Å². The number of anilines is 1. The van der Waals surface area contributed by atoms with Crippen LogP contribution in [0.2, 0.25) is 0 Å². The Balaban J connectivity index is 2.84. The summed E-state index contributed by atoms with van der Waals surface area (Å²) in [5.41, 5.74) is 6.60. The maximum atomic E-state index is 11.0. The minimum atomic E-state index is -0.897. The fourth-order valence-electron chi connectivity index (χ4n) is 1.18. The van der Waals surface area contributed by atoms with Crippen LogP contribution in [0.4, 0.5) is 5.69 Å². The number of rotatable bonds is 5. The topological polar surface area (TPSA) is 63.3 Å². The Morgan fingerprint density at radius 1 is 1.56 bits per heavy atom. The molecular formula is C12H17NO2S. The lowest BCUT2D eigenvalue weighted by atomic mass is 10.2. The summed E-state index contributed by atoms with van der Waals surface area (Å²) in [7, 11) is 0. The van der Waals surface area contributed by atoms with E-state index in [1.54, 1.807) is 30.0 Å². The molecule has 0 amide bonds. The summed E-state index contributed by atoms with van der Waals surface area (Å²) >= 11 is 1.56. The standard InChI is InChI=1S/C12H17NO2S/c1-3-8(2)7-16-11-6-9(13)4-5-10(11)12(14)15/h4-6,8H,3,7,13H2,1-2H3,(H,14,15). The van der Waals surface area contributed by atoms with Crippen LogP contribution in [-0.4, -0.2) is 16.8 Å². The third-order valence-corrected chi connectivity index (χ3v) is 3.84. The molecule has 0 heterocycles. The third kappa shape index (κ3) is 3.45. The summed E-state index contributed by atoms with van der Waals surface area (Å²) in [5.74, 6) is 0.597. The summed E-state index contributed by atoms with van der Waals surface area (Å²) in [5, 5.41) is 9.02. The molecule has 1 unspecified atom stereocenters. The average molecular weight is 239 g/mol. The predicted molar refractivity (Wildman–Crippen MR) is 68.0 cm³/mol. The van der Waals surface area contributed by atoms with Gasteiger partial charge < -0.3 is 10.8 Å². The SMILES string of the molecule is CCC(C)CSc1cc(N)ccc1C(=O)O. The molecule has 3 N–H and O–H groups in total. The number of carboxylic acid groups (broad SMARTS) is 1. The van der Waals surface area contributed by atoms with Gasteiger partial charge in [-0.2, -0.15) is 0 Å². The van der Waals surface area contributed by atoms with Gasteiger partial charge in [-0.1, -0.05) is 20.3 Å². The van der Waals surface area contributed by atoms with Crippen molar-refractivity contribution in [2.45, 2.75) is 25.2 Å². The summed E-state index contributed by atoms with van der Waals surface area (Å²) in [4.78, 5) is 11.8. The first-order chi connectivity index (χ1) is 7.54. The molecule has 3 nitrogen and oxygen atoms in total. The molecule has 0 aliphatic heterocycles. The van der Waals surface area contributed by atoms with Crippen molar-refractivity contribution in [2.75, 3.05) is 11.5 Å². The van der Waals surface area contributed by atoms with E-state index < -0.39 is 5.97 Å². The lowest BCUT2D eigenvalue weighted by molar-refractivity contribution is 0.0693. The highest BCUT2D eigenvalue weighted by molar-refractivity contribution is 7.99. The van der Waals surface area contributed by atoms with Crippen LogP contribution in [0.15, 0.2) is 23.1 Å². The number of aromatic carboxylic acids is 1. The fraction of sp³-hybridized carbons (Fsp3) is 0.417. The van der Waals surface area contributed by atoms with E-state index in [-0.39, 0.29) is 0 Å². The highest BCUT2D eigenvalue weighted by Gasteiger charge is 2.11. The first-order valence-electron chi connectivity index (χ1n) is 5.30. The summed E-state index contributed by atoms with van der Waals surface area (Å²) in [6.07, 6.45) is 1.09. The summed E-state index contributed by atoms with van der Waals surface area (Å²) < 4.78 is 0. The lowest BCUT2D eigenvalue weighted by Gasteiger charge is -2.10. The summed E-state index contributed by atoms with van der Waals surface area (Å²) in [6.45, 7) is 4.28. The van der Waals surface area contributed by atoms with Gasteiger partial charge in [-0.15, -0.1) is 11.8 Å². The van der Waals surface area contributed by atoms with Gasteiger partial charge in [-0.25, -0.2) is 4.79 Å². The highest BCUT2D eigenvalue weighted by Crippen LogP contribution is 2.27. The molecule has 0 spiro atoms. The zero-order valence-corrected chi connectivity index (χ0v) is 10.4. The van der Waals surface area contributed by atoms with Crippen molar-refractivity contribution < 1.29 is 9.90 Å². The van der Waals surface area contributed by atoms with Gasteiger partial charge in [0.05, 0.1) is 5.56 Å². The number of thioether (sulfide) groups is 1. The van der Waals surface area contributed by atoms with E-state index in [4.69, 9.17) is 10.8 Å². The molecule has 1 aromatic carbocycles. The molecule has 1 rings (SSSR count). The van der Waals surface area contributed by atoms with Crippen molar-refractivity contribution in [3.05, 3.63) is 23.8 Å². The van der Waals surface area contributed by atoms with Gasteiger partial charge in [0.2, 0.25) is 0 Å². The van der Waals surface area contributed by atoms with Crippen LogP contribution in [0, 0.1) is 5.92 Å². The molecule has 0 bridgehead atoms. The Morgan fingerprint density at radius 3 is 2.81 bits per heavy atom. The Bertz CT molecular complexity index is 379. The lowest BCUT2D eigenvalue weighted by Crippen LogP contribution is -2.02. The maximum absolute atomic E-state index is 11.0. The van der Waals surface area contributed by atoms with Gasteiger partial charge in [0.15, 0.2) is 0 Å². The van der Waals surface area contributed by atoms with E-state index in [0.29, 0.717) is 17.2 Å². The predicted octanol–water partition coefficient (Wildman–Crippen LogP) is 3.11. The van der Waals surface area contributed by atoms with Crippen LogP contribution in [0.1, 0.15) is 30.6 Å². The molecule has 0 radical (unpaired) electrons. The van der Waals surface area contributed by atoms with Gasteiger partial charge in [0.25, 0.3) is 0 Å². The van der Waals surface area contributed by atoms with E-state index >= 15 is 0 Å². The zero-order chi connectivity index (χ0) is 12.1. The molecule has 1 aromatic rings. The number of benzene rings is 1. The van der Waals surface area contributed by atoms with Crippen LogP contribution in [-0.2, 0) is 0 Å². The molecule has 0 saturated carbocycles. The molecule has 4 heteroatoms. The van der Waals surface area contributed by atoms with E-state index in [1.165, 1.54) is 0 Å². The van der Waals surface area contributed by atoms with Crippen molar-refractivity contribution in [1.82, 2.24) is 0 Å². The number of nitrogen functional groups attached to an aromatic ring is 1. The minimum Gasteiger partial charge on any atom is -0.478 e. The molecule has 0 aliphatic rings. The van der Waals surface area contributed by atoms with E-state index in [2.05, 4.69) is 13.8 Å². The molecule has 1 atom stereocenters. The molecule has 88 valence electrons. The van der Waals surface area contributed by atoms with Crippen LogP contribution >= 0.6 is 11.8 Å². The minimum absolute atomic E-state index is 0.336. The second-order valence-electron chi connectivity index (χ2n) is 3.89. The van der Waals surface area contributed by atoms with Crippen molar-refractivity contribution >= 4 is 23.4 Å². The number of carbonyl (C=O) groups is 1. The van der Waals surface area contributed by atoms with E-state index in [1.807, 2.05) is 0 Å². The average Bonchev–Trinajstić information content (AvgIpc) is 2.25. The number of hydrogen-bond donors (Lipinski definition) is 2. The van der Waals surface area contributed by atoms with Crippen molar-refractivity contribution in [3.8, 4) is 0 Å². The number of nitrogens with two attached hydrogens (primary N) is 1. The highest BCUT2D eigenvalue weighted by atomic mass is 32.2. The first kappa shape index (κ1) is 12.9. The maximum Gasteiger partial charge on any atom is 0.336 e. The Kier molecular flexibility index (Phi) is 4.68.